The Hall–Kier alpha value is -2.07. The minimum atomic E-state index is -0.627. The SMILES string of the molecule is CCCCCCCCCCCCCCCCCCNC(=O)OCC(COC(=O)NCCCOCCOC)NC(=O)CCCCCCCCCCCCCCCCC. The van der Waals surface area contributed by atoms with E-state index in [1.54, 1.807) is 7.11 Å². The lowest BCUT2D eigenvalue weighted by molar-refractivity contribution is -0.122. The number of carbonyl (C=O) groups is 3. The Morgan fingerprint density at radius 3 is 1.16 bits per heavy atom. The summed E-state index contributed by atoms with van der Waals surface area (Å²) in [6, 6.07) is -0.627. The van der Waals surface area contributed by atoms with Crippen molar-refractivity contribution in [2.45, 2.75) is 232 Å². The zero-order valence-electron chi connectivity index (χ0n) is 37.7. The molecule has 10 nitrogen and oxygen atoms in total. The van der Waals surface area contributed by atoms with E-state index in [1.807, 2.05) is 0 Å². The minimum absolute atomic E-state index is 0.0734. The molecule has 0 aromatic heterocycles. The second-order valence-electron chi connectivity index (χ2n) is 16.3. The molecular weight excluding hydrogens is 719 g/mol. The first kappa shape index (κ1) is 54.9. The van der Waals surface area contributed by atoms with E-state index in [2.05, 4.69) is 29.8 Å². The summed E-state index contributed by atoms with van der Waals surface area (Å²) in [7, 11) is 1.62. The second-order valence-corrected chi connectivity index (χ2v) is 16.3. The van der Waals surface area contributed by atoms with Crippen LogP contribution in [0.4, 0.5) is 9.59 Å². The molecule has 3 amide bonds. The fourth-order valence-corrected chi connectivity index (χ4v) is 7.02. The summed E-state index contributed by atoms with van der Waals surface area (Å²) in [6.07, 6.45) is 39.9. The van der Waals surface area contributed by atoms with Crippen molar-refractivity contribution in [1.82, 2.24) is 16.0 Å². The molecule has 1 atom stereocenters. The van der Waals surface area contributed by atoms with Crippen LogP contribution in [0.25, 0.3) is 0 Å². The van der Waals surface area contributed by atoms with Crippen molar-refractivity contribution >= 4 is 18.1 Å². The molecule has 0 spiro atoms. The number of methoxy groups -OCH3 is 1. The van der Waals surface area contributed by atoms with E-state index in [-0.39, 0.29) is 19.1 Å². The molecule has 0 aliphatic heterocycles. The highest BCUT2D eigenvalue weighted by atomic mass is 16.6. The first-order chi connectivity index (χ1) is 28.0. The van der Waals surface area contributed by atoms with Gasteiger partial charge in [0.15, 0.2) is 0 Å². The maximum atomic E-state index is 12.8. The summed E-state index contributed by atoms with van der Waals surface area (Å²) in [4.78, 5) is 37.5. The second kappa shape index (κ2) is 46.6. The first-order valence-corrected chi connectivity index (χ1v) is 24.2. The van der Waals surface area contributed by atoms with Crippen molar-refractivity contribution < 1.29 is 33.3 Å². The van der Waals surface area contributed by atoms with Gasteiger partial charge in [0, 0.05) is 33.2 Å². The Morgan fingerprint density at radius 1 is 0.421 bits per heavy atom. The number of hydrogen-bond acceptors (Lipinski definition) is 7. The molecule has 1 unspecified atom stereocenters. The van der Waals surface area contributed by atoms with Crippen LogP contribution in [0.3, 0.4) is 0 Å². The van der Waals surface area contributed by atoms with Crippen LogP contribution < -0.4 is 16.0 Å². The van der Waals surface area contributed by atoms with E-state index in [9.17, 15) is 14.4 Å². The molecule has 0 fully saturated rings. The third kappa shape index (κ3) is 44.9. The van der Waals surface area contributed by atoms with Gasteiger partial charge >= 0.3 is 12.2 Å². The Labute approximate surface area is 351 Å². The fraction of sp³-hybridized carbons (Fsp3) is 0.936. The molecule has 0 saturated carbocycles. The van der Waals surface area contributed by atoms with Gasteiger partial charge in [-0.3, -0.25) is 4.79 Å². The van der Waals surface area contributed by atoms with Crippen molar-refractivity contribution in [3.63, 3.8) is 0 Å². The highest BCUT2D eigenvalue weighted by Crippen LogP contribution is 2.15. The van der Waals surface area contributed by atoms with Crippen LogP contribution in [-0.4, -0.2) is 77.4 Å². The molecule has 0 rings (SSSR count). The summed E-state index contributed by atoms with van der Waals surface area (Å²) in [5, 5.41) is 8.45. The number of hydrogen-bond donors (Lipinski definition) is 3. The molecule has 0 radical (unpaired) electrons. The first-order valence-electron chi connectivity index (χ1n) is 24.2. The summed E-state index contributed by atoms with van der Waals surface area (Å²) in [5.41, 5.74) is 0. The zero-order valence-corrected chi connectivity index (χ0v) is 37.7. The van der Waals surface area contributed by atoms with Crippen LogP contribution in [0.2, 0.25) is 0 Å². The maximum absolute atomic E-state index is 12.8. The van der Waals surface area contributed by atoms with Gasteiger partial charge in [0.25, 0.3) is 0 Å². The molecule has 338 valence electrons. The molecule has 0 aromatic carbocycles. The molecule has 0 aromatic rings. The monoisotopic (exact) mass is 812 g/mol. The molecule has 0 aliphatic carbocycles. The largest absolute Gasteiger partial charge is 0.447 e. The maximum Gasteiger partial charge on any atom is 0.407 e. The Balaban J connectivity index is 4.19. The molecule has 0 aliphatic rings. The summed E-state index contributed by atoms with van der Waals surface area (Å²) < 4.78 is 21.2. The Morgan fingerprint density at radius 2 is 0.772 bits per heavy atom. The van der Waals surface area contributed by atoms with Crippen LogP contribution in [0.5, 0.6) is 0 Å². The third-order valence-corrected chi connectivity index (χ3v) is 10.7. The van der Waals surface area contributed by atoms with Crippen LogP contribution in [0, 0.1) is 0 Å². The number of carbonyl (C=O) groups excluding carboxylic acids is 3. The smallest absolute Gasteiger partial charge is 0.407 e. The van der Waals surface area contributed by atoms with Gasteiger partial charge in [-0.05, 0) is 19.3 Å². The lowest BCUT2D eigenvalue weighted by Crippen LogP contribution is -2.44. The van der Waals surface area contributed by atoms with Crippen LogP contribution in [0.15, 0.2) is 0 Å². The number of nitrogens with one attached hydrogen (secondary N) is 3. The van der Waals surface area contributed by atoms with Crippen LogP contribution >= 0.6 is 0 Å². The molecule has 10 heteroatoms. The fourth-order valence-electron chi connectivity index (χ4n) is 7.02. The van der Waals surface area contributed by atoms with Gasteiger partial charge in [-0.1, -0.05) is 200 Å². The average molecular weight is 812 g/mol. The van der Waals surface area contributed by atoms with E-state index in [0.29, 0.717) is 45.8 Å². The van der Waals surface area contributed by atoms with Crippen LogP contribution in [0.1, 0.15) is 226 Å². The predicted octanol–water partition coefficient (Wildman–Crippen LogP) is 12.5. The number of ether oxygens (including phenoxy) is 4. The average Bonchev–Trinajstić information content (AvgIpc) is 3.21. The van der Waals surface area contributed by atoms with Crippen molar-refractivity contribution in [3.8, 4) is 0 Å². The van der Waals surface area contributed by atoms with Gasteiger partial charge in [-0.25, -0.2) is 9.59 Å². The number of rotatable bonds is 45. The van der Waals surface area contributed by atoms with E-state index in [0.717, 1.165) is 32.1 Å². The van der Waals surface area contributed by atoms with Gasteiger partial charge in [-0.15, -0.1) is 0 Å². The number of alkyl carbamates (subject to hydrolysis) is 2. The highest BCUT2D eigenvalue weighted by Gasteiger charge is 2.17. The molecule has 0 heterocycles. The van der Waals surface area contributed by atoms with Gasteiger partial charge < -0.3 is 34.9 Å². The molecule has 57 heavy (non-hydrogen) atoms. The van der Waals surface area contributed by atoms with Gasteiger partial charge in [0.1, 0.15) is 13.2 Å². The van der Waals surface area contributed by atoms with Gasteiger partial charge in [-0.2, -0.15) is 0 Å². The molecule has 0 saturated heterocycles. The molecular formula is C47H93N3O7. The van der Waals surface area contributed by atoms with E-state index >= 15 is 0 Å². The standard InChI is InChI=1S/C47H93N3O7/c1-4-6-8-10-12-14-16-18-20-22-24-26-28-30-32-34-37-48-46(52)56-42-44(43-57-47(53)49-38-35-39-55-41-40-54-3)50-45(51)36-33-31-29-27-25-23-21-19-17-15-13-11-9-7-5-2/h44H,4-43H2,1-3H3,(H,48,52)(H,49,53)(H,50,51). The molecule has 0 bridgehead atoms. The normalized spacial score (nSPS) is 11.7. The van der Waals surface area contributed by atoms with Crippen LogP contribution in [-0.2, 0) is 23.7 Å². The summed E-state index contributed by atoms with van der Waals surface area (Å²) >= 11 is 0. The minimum Gasteiger partial charge on any atom is -0.447 e. The number of unbranched alkanes of at least 4 members (excludes halogenated alkanes) is 29. The number of amides is 3. The summed E-state index contributed by atoms with van der Waals surface area (Å²) in [5.74, 6) is -0.121. The Kier molecular flexibility index (Phi) is 44.9. The van der Waals surface area contributed by atoms with Gasteiger partial charge in [0.05, 0.1) is 19.3 Å². The lowest BCUT2D eigenvalue weighted by Gasteiger charge is -2.19. The quantitative estimate of drug-likeness (QED) is 0.0523. The summed E-state index contributed by atoms with van der Waals surface area (Å²) in [6.45, 7) is 6.88. The van der Waals surface area contributed by atoms with Crippen molar-refractivity contribution in [2.75, 3.05) is 53.2 Å². The van der Waals surface area contributed by atoms with E-state index < -0.39 is 18.2 Å². The van der Waals surface area contributed by atoms with Gasteiger partial charge in [0.2, 0.25) is 5.91 Å². The van der Waals surface area contributed by atoms with E-state index in [1.165, 1.54) is 167 Å². The highest BCUT2D eigenvalue weighted by molar-refractivity contribution is 5.76. The lowest BCUT2D eigenvalue weighted by atomic mass is 10.0. The predicted molar refractivity (Wildman–Crippen MR) is 237 cm³/mol. The topological polar surface area (TPSA) is 124 Å². The van der Waals surface area contributed by atoms with Crippen molar-refractivity contribution in [1.29, 1.82) is 0 Å². The van der Waals surface area contributed by atoms with E-state index in [4.69, 9.17) is 18.9 Å². The van der Waals surface area contributed by atoms with Crippen molar-refractivity contribution in [2.24, 2.45) is 0 Å². The molecule has 3 N–H and O–H groups in total. The zero-order chi connectivity index (χ0) is 41.5. The van der Waals surface area contributed by atoms with Crippen molar-refractivity contribution in [3.05, 3.63) is 0 Å². The third-order valence-electron chi connectivity index (χ3n) is 10.7. The Bertz CT molecular complexity index is 863.